The molecule has 0 amide bonds. The van der Waals surface area contributed by atoms with Crippen LogP contribution >= 0.6 is 34.8 Å². The fraction of sp³-hybridized carbons (Fsp3) is 0. The minimum atomic E-state index is 0.520. The molecule has 2 rings (SSSR count). The van der Waals surface area contributed by atoms with E-state index in [0.29, 0.717) is 15.1 Å². The van der Waals surface area contributed by atoms with Crippen LogP contribution in [0.25, 0.3) is 0 Å². The first-order valence-corrected chi connectivity index (χ1v) is 6.03. The minimum absolute atomic E-state index is 0.520. The maximum atomic E-state index is 5.91. The van der Waals surface area contributed by atoms with E-state index in [1.165, 1.54) is 0 Å². The van der Waals surface area contributed by atoms with Crippen molar-refractivity contribution in [3.8, 4) is 0 Å². The maximum absolute atomic E-state index is 5.91. The van der Waals surface area contributed by atoms with Crippen LogP contribution < -0.4 is 0 Å². The summed E-state index contributed by atoms with van der Waals surface area (Å²) in [7, 11) is 0. The van der Waals surface area contributed by atoms with Gasteiger partial charge in [-0.15, -0.1) is 0 Å². The van der Waals surface area contributed by atoms with E-state index in [4.69, 9.17) is 34.8 Å². The Hall–Kier alpha value is -1.02. The van der Waals surface area contributed by atoms with Crippen LogP contribution in [0.2, 0.25) is 15.1 Å². The van der Waals surface area contributed by atoms with Crippen molar-refractivity contribution in [1.82, 2.24) is 0 Å². The molecule has 0 N–H and O–H groups in total. The molecule has 0 aliphatic carbocycles. The monoisotopic (exact) mass is 283 g/mol. The van der Waals surface area contributed by atoms with Gasteiger partial charge in [-0.05, 0) is 42.0 Å². The molecule has 0 radical (unpaired) electrons. The molecule has 0 aliphatic rings. The van der Waals surface area contributed by atoms with Crippen LogP contribution in [0, 0.1) is 0 Å². The van der Waals surface area contributed by atoms with Crippen LogP contribution in [0.3, 0.4) is 0 Å². The van der Waals surface area contributed by atoms with Gasteiger partial charge in [0, 0.05) is 11.2 Å². The predicted molar refractivity (Wildman–Crippen MR) is 75.2 cm³/mol. The van der Waals surface area contributed by atoms with Crippen LogP contribution in [0.4, 0.5) is 5.69 Å². The van der Waals surface area contributed by atoms with Gasteiger partial charge < -0.3 is 0 Å². The van der Waals surface area contributed by atoms with Crippen molar-refractivity contribution >= 4 is 46.7 Å². The van der Waals surface area contributed by atoms with Crippen LogP contribution in [0.5, 0.6) is 0 Å². The van der Waals surface area contributed by atoms with Crippen molar-refractivity contribution in [1.29, 1.82) is 0 Å². The largest absolute Gasteiger partial charge is 0.256 e. The van der Waals surface area contributed by atoms with E-state index in [9.17, 15) is 0 Å². The molecule has 4 heteroatoms. The van der Waals surface area contributed by atoms with E-state index in [1.807, 2.05) is 18.2 Å². The first kappa shape index (κ1) is 12.4. The summed E-state index contributed by atoms with van der Waals surface area (Å²) in [4.78, 5) is 4.30. The average molecular weight is 285 g/mol. The average Bonchev–Trinajstić information content (AvgIpc) is 2.33. The zero-order valence-corrected chi connectivity index (χ0v) is 11.0. The van der Waals surface area contributed by atoms with Gasteiger partial charge in [-0.2, -0.15) is 0 Å². The Balaban J connectivity index is 2.20. The van der Waals surface area contributed by atoms with Crippen molar-refractivity contribution in [2.45, 2.75) is 0 Å². The normalized spacial score (nSPS) is 11.0. The molecule has 0 spiro atoms. The summed E-state index contributed by atoms with van der Waals surface area (Å²) in [5.74, 6) is 0. The number of nitrogens with zero attached hydrogens (tertiary/aromatic N) is 1. The minimum Gasteiger partial charge on any atom is -0.256 e. The Morgan fingerprint density at radius 3 is 2.18 bits per heavy atom. The van der Waals surface area contributed by atoms with Crippen molar-refractivity contribution in [3.05, 3.63) is 63.1 Å². The second-order valence-electron chi connectivity index (χ2n) is 3.41. The topological polar surface area (TPSA) is 12.4 Å². The fourth-order valence-electron chi connectivity index (χ4n) is 1.27. The molecule has 0 aromatic heterocycles. The highest BCUT2D eigenvalue weighted by molar-refractivity contribution is 6.42. The molecule has 17 heavy (non-hydrogen) atoms. The third-order valence-electron chi connectivity index (χ3n) is 2.13. The Bertz CT molecular complexity index is 547. The van der Waals surface area contributed by atoms with Crippen molar-refractivity contribution in [3.63, 3.8) is 0 Å². The molecule has 2 aromatic carbocycles. The lowest BCUT2D eigenvalue weighted by molar-refractivity contribution is 1.52. The number of benzene rings is 2. The van der Waals surface area contributed by atoms with Crippen LogP contribution in [0.15, 0.2) is 47.5 Å². The van der Waals surface area contributed by atoms with Crippen molar-refractivity contribution in [2.75, 3.05) is 0 Å². The summed E-state index contributed by atoms with van der Waals surface area (Å²) in [6, 6.07) is 12.6. The second kappa shape index (κ2) is 5.54. The van der Waals surface area contributed by atoms with Crippen LogP contribution in [0.1, 0.15) is 5.56 Å². The van der Waals surface area contributed by atoms with Gasteiger partial charge in [-0.25, -0.2) is 0 Å². The molecule has 0 heterocycles. The Labute approximate surface area is 115 Å². The zero-order valence-electron chi connectivity index (χ0n) is 8.70. The van der Waals surface area contributed by atoms with E-state index in [-0.39, 0.29) is 0 Å². The molecule has 0 saturated heterocycles. The van der Waals surface area contributed by atoms with E-state index in [2.05, 4.69) is 4.99 Å². The standard InChI is InChI=1S/C13H8Cl3N/c14-10-2-4-11(5-3-10)17-8-9-1-6-12(15)13(16)7-9/h1-8H/b17-8+. The summed E-state index contributed by atoms with van der Waals surface area (Å²) >= 11 is 17.5. The molecule has 0 unspecified atom stereocenters. The molecule has 1 nitrogen and oxygen atoms in total. The fourth-order valence-corrected chi connectivity index (χ4v) is 1.70. The third-order valence-corrected chi connectivity index (χ3v) is 3.12. The van der Waals surface area contributed by atoms with Crippen molar-refractivity contribution < 1.29 is 0 Å². The lowest BCUT2D eigenvalue weighted by Gasteiger charge is -1.97. The first-order valence-electron chi connectivity index (χ1n) is 4.90. The van der Waals surface area contributed by atoms with Gasteiger partial charge in [0.25, 0.3) is 0 Å². The molecule has 86 valence electrons. The molecule has 0 aliphatic heterocycles. The highest BCUT2D eigenvalue weighted by Crippen LogP contribution is 2.22. The summed E-state index contributed by atoms with van der Waals surface area (Å²) < 4.78 is 0. The van der Waals surface area contributed by atoms with Gasteiger partial charge in [0.2, 0.25) is 0 Å². The Kier molecular flexibility index (Phi) is 4.06. The number of aliphatic imine (C=N–C) groups is 1. The highest BCUT2D eigenvalue weighted by Gasteiger charge is 1.97. The highest BCUT2D eigenvalue weighted by atomic mass is 35.5. The summed E-state index contributed by atoms with van der Waals surface area (Å²) in [6.07, 6.45) is 1.73. The SMILES string of the molecule is Clc1ccc(/N=C/c2ccc(Cl)c(Cl)c2)cc1. The van der Waals surface area contributed by atoms with Crippen LogP contribution in [-0.4, -0.2) is 6.21 Å². The molecular formula is C13H8Cl3N. The smallest absolute Gasteiger partial charge is 0.0630 e. The lowest BCUT2D eigenvalue weighted by atomic mass is 10.2. The molecule has 0 fully saturated rings. The van der Waals surface area contributed by atoms with E-state index in [0.717, 1.165) is 11.3 Å². The summed E-state index contributed by atoms with van der Waals surface area (Å²) in [5, 5.41) is 1.75. The summed E-state index contributed by atoms with van der Waals surface area (Å²) in [6.45, 7) is 0. The first-order chi connectivity index (χ1) is 8.15. The number of hydrogen-bond acceptors (Lipinski definition) is 1. The van der Waals surface area contributed by atoms with Gasteiger partial charge in [0.15, 0.2) is 0 Å². The summed E-state index contributed by atoms with van der Waals surface area (Å²) in [5.41, 5.74) is 1.73. The zero-order chi connectivity index (χ0) is 12.3. The quantitative estimate of drug-likeness (QED) is 0.655. The number of rotatable bonds is 2. The van der Waals surface area contributed by atoms with Crippen molar-refractivity contribution in [2.24, 2.45) is 4.99 Å². The molecule has 0 atom stereocenters. The van der Waals surface area contributed by atoms with Gasteiger partial charge in [0.1, 0.15) is 0 Å². The lowest BCUT2D eigenvalue weighted by Crippen LogP contribution is -1.80. The van der Waals surface area contributed by atoms with Gasteiger partial charge in [0.05, 0.1) is 15.7 Å². The molecule has 2 aromatic rings. The van der Waals surface area contributed by atoms with E-state index < -0.39 is 0 Å². The van der Waals surface area contributed by atoms with Gasteiger partial charge >= 0.3 is 0 Å². The van der Waals surface area contributed by atoms with E-state index >= 15 is 0 Å². The maximum Gasteiger partial charge on any atom is 0.0630 e. The second-order valence-corrected chi connectivity index (χ2v) is 4.66. The predicted octanol–water partition coefficient (Wildman–Crippen LogP) is 5.40. The molecule has 0 bridgehead atoms. The Morgan fingerprint density at radius 2 is 1.53 bits per heavy atom. The number of halogens is 3. The van der Waals surface area contributed by atoms with E-state index in [1.54, 1.807) is 30.5 Å². The Morgan fingerprint density at radius 1 is 0.824 bits per heavy atom. The van der Waals surface area contributed by atoms with Gasteiger partial charge in [-0.3, -0.25) is 4.99 Å². The molecular weight excluding hydrogens is 277 g/mol. The van der Waals surface area contributed by atoms with Crippen LogP contribution in [-0.2, 0) is 0 Å². The number of hydrogen-bond donors (Lipinski definition) is 0. The third kappa shape index (κ3) is 3.47. The molecule has 0 saturated carbocycles. The van der Waals surface area contributed by atoms with Gasteiger partial charge in [-0.1, -0.05) is 40.9 Å².